The summed E-state index contributed by atoms with van der Waals surface area (Å²) in [6, 6.07) is -1.19. The van der Waals surface area contributed by atoms with Crippen LogP contribution in [0, 0.1) is 5.41 Å². The molecule has 0 spiro atoms. The molecule has 1 aromatic heterocycles. The fourth-order valence-corrected chi connectivity index (χ4v) is 5.03. The average Bonchev–Trinajstić information content (AvgIpc) is 3.13. The van der Waals surface area contributed by atoms with Crippen LogP contribution in [0.15, 0.2) is 21.8 Å². The lowest BCUT2D eigenvalue weighted by molar-refractivity contribution is -0.161. The third-order valence-corrected chi connectivity index (χ3v) is 7.10. The normalized spacial score (nSPS) is 19.8. The molecule has 1 saturated heterocycles. The Labute approximate surface area is 210 Å². The molecule has 3 rings (SSSR count). The number of fused-ring (bicyclic) bond motifs is 1. The molecule has 0 aliphatic carbocycles. The van der Waals surface area contributed by atoms with Crippen molar-refractivity contribution < 1.29 is 49.0 Å². The van der Waals surface area contributed by atoms with E-state index in [1.807, 2.05) is 0 Å². The van der Waals surface area contributed by atoms with Crippen molar-refractivity contribution in [3.8, 4) is 0 Å². The molecule has 1 fully saturated rings. The first-order valence-electron chi connectivity index (χ1n) is 10.0. The van der Waals surface area contributed by atoms with Gasteiger partial charge in [0.05, 0.1) is 0 Å². The van der Waals surface area contributed by atoms with Crippen LogP contribution in [-0.2, 0) is 33.5 Å². The number of thiazole rings is 1. The molecule has 2 amide bonds. The molecule has 2 atom stereocenters. The van der Waals surface area contributed by atoms with Gasteiger partial charge in [-0.05, 0) is 13.8 Å². The number of carbonyl (C=O) groups is 5. The zero-order valence-corrected chi connectivity index (χ0v) is 20.6. The number of aliphatic carboxylic acids is 2. The summed E-state index contributed by atoms with van der Waals surface area (Å²) in [7, 11) is 0. The fraction of sp³-hybridized carbons (Fsp3) is 0.421. The smallest absolute Gasteiger partial charge is 0.352 e. The number of carbonyl (C=O) groups excluding carboxylic acids is 3. The lowest BCUT2D eigenvalue weighted by Gasteiger charge is -2.49. The molecule has 17 heteroatoms. The summed E-state index contributed by atoms with van der Waals surface area (Å²) in [6.45, 7) is 3.19. The van der Waals surface area contributed by atoms with Gasteiger partial charge in [0.25, 0.3) is 11.8 Å². The van der Waals surface area contributed by atoms with Crippen LogP contribution < -0.4 is 10.1 Å². The first kappa shape index (κ1) is 26.7. The van der Waals surface area contributed by atoms with Crippen molar-refractivity contribution in [2.45, 2.75) is 37.8 Å². The minimum absolute atomic E-state index is 0.107. The maximum Gasteiger partial charge on any atom is 0.352 e. The molecule has 2 aliphatic heterocycles. The van der Waals surface area contributed by atoms with Crippen LogP contribution in [0.2, 0.25) is 0 Å². The number of oxime groups is 1. The van der Waals surface area contributed by atoms with Crippen molar-refractivity contribution in [2.24, 2.45) is 5.16 Å². The van der Waals surface area contributed by atoms with E-state index in [9.17, 15) is 39.4 Å². The van der Waals surface area contributed by atoms with Crippen molar-refractivity contribution in [3.05, 3.63) is 27.1 Å². The number of esters is 1. The van der Waals surface area contributed by atoms with Gasteiger partial charge < -0.3 is 30.3 Å². The van der Waals surface area contributed by atoms with Crippen LogP contribution in [0.5, 0.6) is 0 Å². The minimum Gasteiger partial charge on any atom is -0.478 e. The van der Waals surface area contributed by atoms with E-state index in [0.717, 1.165) is 34.9 Å². The molecule has 0 radical (unpaired) electrons. The van der Waals surface area contributed by atoms with E-state index in [1.54, 1.807) is 0 Å². The molecule has 0 aromatic carbocycles. The van der Waals surface area contributed by atoms with Crippen molar-refractivity contribution in [2.75, 3.05) is 12.4 Å². The maximum absolute atomic E-state index is 13.1. The summed E-state index contributed by atoms with van der Waals surface area (Å²) in [5.41, 5.74) is -2.89. The molecule has 0 bridgehead atoms. The predicted octanol–water partition coefficient (Wildman–Crippen LogP) is -0.848. The topological polar surface area (TPSA) is 221 Å². The highest BCUT2D eigenvalue weighted by Gasteiger charge is 2.54. The second kappa shape index (κ2) is 10.0. The number of hydrogen-bond donors (Lipinski definition) is 5. The third kappa shape index (κ3) is 5.06. The Morgan fingerprint density at radius 3 is 2.50 bits per heavy atom. The van der Waals surface area contributed by atoms with Gasteiger partial charge in [0, 0.05) is 23.6 Å². The van der Waals surface area contributed by atoms with Crippen LogP contribution in [0.4, 0.5) is 0 Å². The summed E-state index contributed by atoms with van der Waals surface area (Å²) in [5, 5.41) is 42.9. The van der Waals surface area contributed by atoms with Gasteiger partial charge in [0.1, 0.15) is 29.4 Å². The molecule has 0 saturated carbocycles. The second-order valence-corrected chi connectivity index (χ2v) is 9.95. The summed E-state index contributed by atoms with van der Waals surface area (Å²) in [5.74, 6) is -5.11. The molecule has 0 unspecified atom stereocenters. The zero-order valence-electron chi connectivity index (χ0n) is 19.0. The summed E-state index contributed by atoms with van der Waals surface area (Å²) in [4.78, 5) is 65.7. The van der Waals surface area contributed by atoms with Crippen molar-refractivity contribution >= 4 is 58.5 Å². The highest BCUT2D eigenvalue weighted by molar-refractivity contribution is 8.00. The minimum atomic E-state index is -1.85. The Hall–Kier alpha value is -3.86. The van der Waals surface area contributed by atoms with E-state index in [4.69, 9.17) is 15.0 Å². The van der Waals surface area contributed by atoms with E-state index in [2.05, 4.69) is 10.5 Å². The zero-order chi connectivity index (χ0) is 26.9. The largest absolute Gasteiger partial charge is 0.478 e. The van der Waals surface area contributed by atoms with Crippen LogP contribution in [0.3, 0.4) is 0 Å². The van der Waals surface area contributed by atoms with Crippen LogP contribution in [-0.4, -0.2) is 89.9 Å². The molecule has 15 nitrogen and oxygen atoms in total. The summed E-state index contributed by atoms with van der Waals surface area (Å²) < 4.78 is 5.20. The quantitative estimate of drug-likeness (QED) is 0.0848. The van der Waals surface area contributed by atoms with Gasteiger partial charge in [-0.25, -0.2) is 9.59 Å². The van der Waals surface area contributed by atoms with Gasteiger partial charge in [-0.2, -0.15) is 4.73 Å². The number of hydrogen-bond acceptors (Lipinski definition) is 12. The van der Waals surface area contributed by atoms with Gasteiger partial charge in [0.15, 0.2) is 5.71 Å². The van der Waals surface area contributed by atoms with Gasteiger partial charge >= 0.3 is 17.9 Å². The van der Waals surface area contributed by atoms with E-state index in [-0.39, 0.29) is 34.1 Å². The third-order valence-electron chi connectivity index (χ3n) is 5.03. The number of nitrogens with zero attached hydrogens (tertiary/aromatic N) is 3. The highest BCUT2D eigenvalue weighted by atomic mass is 32.2. The SMILES string of the molecule is CC(=O)OCC1=C(C(=O)O)N2C(=O)[C@@H](NC(=O)C(=NOC(C)(C)C(=O)O)c3csc(=N)n3O)[C@@H]2SC1. The summed E-state index contributed by atoms with van der Waals surface area (Å²) in [6.07, 6.45) is 0. The van der Waals surface area contributed by atoms with Crippen LogP contribution >= 0.6 is 23.1 Å². The molecule has 5 N–H and O–H groups in total. The highest BCUT2D eigenvalue weighted by Crippen LogP contribution is 2.40. The van der Waals surface area contributed by atoms with Gasteiger partial charge in [-0.15, -0.1) is 23.1 Å². The fourth-order valence-electron chi connectivity index (χ4n) is 3.07. The molecule has 3 heterocycles. The van der Waals surface area contributed by atoms with Gasteiger partial charge in [-0.3, -0.25) is 24.7 Å². The Morgan fingerprint density at radius 2 is 1.97 bits per heavy atom. The molecular formula is C19H21N5O10S2. The van der Waals surface area contributed by atoms with E-state index in [0.29, 0.717) is 4.73 Å². The first-order chi connectivity index (χ1) is 16.8. The first-order valence-corrected chi connectivity index (χ1v) is 12.0. The Kier molecular flexibility index (Phi) is 7.44. The van der Waals surface area contributed by atoms with E-state index >= 15 is 0 Å². The number of rotatable bonds is 9. The van der Waals surface area contributed by atoms with Crippen molar-refractivity contribution in [1.29, 1.82) is 5.41 Å². The van der Waals surface area contributed by atoms with E-state index < -0.39 is 52.5 Å². The lowest BCUT2D eigenvalue weighted by Crippen LogP contribution is -2.71. The predicted molar refractivity (Wildman–Crippen MR) is 121 cm³/mol. The molecule has 36 heavy (non-hydrogen) atoms. The Bertz CT molecular complexity index is 1260. The Balaban J connectivity index is 1.86. The summed E-state index contributed by atoms with van der Waals surface area (Å²) >= 11 is 1.88. The monoisotopic (exact) mass is 543 g/mol. The number of thioether (sulfide) groups is 1. The van der Waals surface area contributed by atoms with Crippen LogP contribution in [0.25, 0.3) is 0 Å². The van der Waals surface area contributed by atoms with Crippen LogP contribution in [0.1, 0.15) is 26.5 Å². The maximum atomic E-state index is 13.1. The molecule has 194 valence electrons. The van der Waals surface area contributed by atoms with Crippen molar-refractivity contribution in [1.82, 2.24) is 14.9 Å². The molecular weight excluding hydrogens is 522 g/mol. The number of β-lactam (4-membered cyclic amide) rings is 1. The Morgan fingerprint density at radius 1 is 1.31 bits per heavy atom. The molecule has 1 aromatic rings. The second-order valence-electron chi connectivity index (χ2n) is 7.98. The number of carboxylic acids is 2. The number of nitrogens with one attached hydrogen (secondary N) is 2. The van der Waals surface area contributed by atoms with Gasteiger partial charge in [-0.1, -0.05) is 5.16 Å². The number of aromatic nitrogens is 1. The average molecular weight is 544 g/mol. The lowest BCUT2D eigenvalue weighted by atomic mass is 10.0. The van der Waals surface area contributed by atoms with E-state index in [1.165, 1.54) is 19.2 Å². The standard InChI is InChI=1S/C19H21N5O10S2/c1-7(25)33-4-8-5-35-15-11(14(27)23(15)12(8)16(28)29)21-13(26)10(9-6-36-18(20)24(9)32)22-34-19(2,3)17(30)31/h6,11,15,20,32H,4-5H2,1-3H3,(H,21,26)(H,28,29)(H,30,31)/t11-,15+/m1/s1. The number of amides is 2. The number of ether oxygens (including phenoxy) is 1. The van der Waals surface area contributed by atoms with Crippen molar-refractivity contribution in [3.63, 3.8) is 0 Å². The van der Waals surface area contributed by atoms with Gasteiger partial charge in [0.2, 0.25) is 10.4 Å². The molecule has 2 aliphatic rings. The number of carboxylic acid groups (broad SMARTS) is 2.